The maximum absolute atomic E-state index is 13.0. The van der Waals surface area contributed by atoms with Gasteiger partial charge in [0.25, 0.3) is 17.4 Å². The van der Waals surface area contributed by atoms with Crippen LogP contribution in [0.5, 0.6) is 0 Å². The Morgan fingerprint density at radius 2 is 1.59 bits per heavy atom. The number of rotatable bonds is 3. The number of imide groups is 1. The summed E-state index contributed by atoms with van der Waals surface area (Å²) in [6.07, 6.45) is 4.61. The molecule has 164 valence electrons. The summed E-state index contributed by atoms with van der Waals surface area (Å²) < 4.78 is 1.68. The van der Waals surface area contributed by atoms with E-state index in [9.17, 15) is 14.4 Å². The Balaban J connectivity index is 1.38. The molecule has 1 saturated carbocycles. The van der Waals surface area contributed by atoms with Gasteiger partial charge >= 0.3 is 0 Å². The first-order chi connectivity index (χ1) is 15.4. The van der Waals surface area contributed by atoms with E-state index in [2.05, 4.69) is 11.4 Å². The summed E-state index contributed by atoms with van der Waals surface area (Å²) in [5, 5.41) is 4.65. The van der Waals surface area contributed by atoms with E-state index in [4.69, 9.17) is 0 Å². The number of anilines is 1. The lowest BCUT2D eigenvalue weighted by molar-refractivity contribution is 0.0568. The summed E-state index contributed by atoms with van der Waals surface area (Å²) >= 11 is 0. The number of fused-ring (bicyclic) bond motifs is 2. The van der Waals surface area contributed by atoms with Crippen LogP contribution in [0, 0.1) is 6.92 Å². The zero-order valence-electron chi connectivity index (χ0n) is 18.4. The van der Waals surface area contributed by atoms with Crippen molar-refractivity contribution in [2.75, 3.05) is 5.32 Å². The average Bonchev–Trinajstić information content (AvgIpc) is 2.92. The number of pyridine rings is 1. The predicted molar refractivity (Wildman–Crippen MR) is 125 cm³/mol. The van der Waals surface area contributed by atoms with Crippen molar-refractivity contribution in [1.82, 2.24) is 9.47 Å². The fourth-order valence-electron chi connectivity index (χ4n) is 5.21. The van der Waals surface area contributed by atoms with Crippen LogP contribution in [0.4, 0.5) is 5.69 Å². The monoisotopic (exact) mass is 429 g/mol. The molecule has 2 aliphatic rings. The normalized spacial score (nSPS) is 21.0. The minimum Gasteiger partial charge on any atom is -0.382 e. The fraction of sp³-hybridized carbons (Fsp3) is 0.346. The third-order valence-corrected chi connectivity index (χ3v) is 6.86. The molecule has 1 fully saturated rings. The Morgan fingerprint density at radius 1 is 0.906 bits per heavy atom. The highest BCUT2D eigenvalue weighted by molar-refractivity contribution is 6.21. The Kier molecular flexibility index (Phi) is 5.08. The van der Waals surface area contributed by atoms with Crippen LogP contribution in [-0.2, 0) is 7.05 Å². The number of aromatic nitrogens is 1. The minimum absolute atomic E-state index is 0.0192. The van der Waals surface area contributed by atoms with E-state index >= 15 is 0 Å². The van der Waals surface area contributed by atoms with E-state index < -0.39 is 0 Å². The highest BCUT2D eigenvalue weighted by Gasteiger charge is 2.40. The standard InChI is InChI=1S/C26H27N3O3/c1-16-13-17-14-19(11-12-23(17)28(2)24(16)30)27-18-7-3-4-8-20(15-18)29-25(31)21-9-5-6-10-22(21)26(29)32/h5-6,9-14,18,20,27H,3-4,7-8,15H2,1-2H3. The Bertz CT molecular complexity index is 1260. The largest absolute Gasteiger partial charge is 0.382 e. The minimum atomic E-state index is -0.168. The van der Waals surface area contributed by atoms with Gasteiger partial charge in [-0.05, 0) is 62.6 Å². The van der Waals surface area contributed by atoms with Gasteiger partial charge in [-0.1, -0.05) is 25.0 Å². The van der Waals surface area contributed by atoms with Crippen molar-refractivity contribution in [3.63, 3.8) is 0 Å². The number of carbonyl (C=O) groups is 2. The Labute approximate surface area is 186 Å². The van der Waals surface area contributed by atoms with Gasteiger partial charge in [0.15, 0.2) is 0 Å². The van der Waals surface area contributed by atoms with Gasteiger partial charge in [0, 0.05) is 35.8 Å². The second-order valence-electron chi connectivity index (χ2n) is 9.01. The highest BCUT2D eigenvalue weighted by Crippen LogP contribution is 2.32. The molecule has 6 heteroatoms. The Morgan fingerprint density at radius 3 is 2.31 bits per heavy atom. The number of aryl methyl sites for hydroxylation is 2. The molecule has 0 spiro atoms. The number of nitrogens with one attached hydrogen (secondary N) is 1. The molecule has 2 amide bonds. The van der Waals surface area contributed by atoms with Crippen LogP contribution in [0.25, 0.3) is 10.9 Å². The van der Waals surface area contributed by atoms with Crippen molar-refractivity contribution in [3.05, 3.63) is 75.6 Å². The van der Waals surface area contributed by atoms with Crippen LogP contribution in [0.15, 0.2) is 53.3 Å². The first kappa shape index (κ1) is 20.5. The number of hydrogen-bond acceptors (Lipinski definition) is 4. The van der Waals surface area contributed by atoms with E-state index in [0.717, 1.165) is 54.3 Å². The van der Waals surface area contributed by atoms with E-state index in [1.165, 1.54) is 4.90 Å². The van der Waals surface area contributed by atoms with Crippen LogP contribution in [0.2, 0.25) is 0 Å². The zero-order valence-corrected chi connectivity index (χ0v) is 18.4. The molecule has 2 atom stereocenters. The van der Waals surface area contributed by atoms with Gasteiger partial charge in [-0.25, -0.2) is 0 Å². The lowest BCUT2D eigenvalue weighted by Crippen LogP contribution is -2.42. The molecule has 0 bridgehead atoms. The van der Waals surface area contributed by atoms with Gasteiger partial charge in [0.1, 0.15) is 0 Å². The maximum atomic E-state index is 13.0. The van der Waals surface area contributed by atoms with Crippen molar-refractivity contribution in [2.24, 2.45) is 7.05 Å². The molecule has 2 heterocycles. The smallest absolute Gasteiger partial charge is 0.261 e. The SMILES string of the molecule is Cc1cc2cc(NC3CCCCC(N4C(=O)c5ccccc5C4=O)C3)ccc2n(C)c1=O. The second kappa shape index (κ2) is 7.93. The summed E-state index contributed by atoms with van der Waals surface area (Å²) in [7, 11) is 1.79. The van der Waals surface area contributed by atoms with Crippen LogP contribution in [-0.4, -0.2) is 33.4 Å². The predicted octanol–water partition coefficient (Wildman–Crippen LogP) is 4.26. The molecule has 0 saturated heterocycles. The summed E-state index contributed by atoms with van der Waals surface area (Å²) in [6, 6.07) is 15.1. The maximum Gasteiger partial charge on any atom is 0.261 e. The molecule has 5 rings (SSSR count). The fourth-order valence-corrected chi connectivity index (χ4v) is 5.21. The molecule has 3 aromatic rings. The summed E-state index contributed by atoms with van der Waals surface area (Å²) in [4.78, 5) is 39.7. The molecule has 1 aliphatic carbocycles. The quantitative estimate of drug-likeness (QED) is 0.499. The molecule has 1 aliphatic heterocycles. The van der Waals surface area contributed by atoms with Crippen LogP contribution < -0.4 is 10.9 Å². The van der Waals surface area contributed by atoms with Gasteiger partial charge in [-0.3, -0.25) is 19.3 Å². The van der Waals surface area contributed by atoms with Gasteiger partial charge in [0.2, 0.25) is 0 Å². The van der Waals surface area contributed by atoms with Gasteiger partial charge in [-0.2, -0.15) is 0 Å². The lowest BCUT2D eigenvalue weighted by atomic mass is 10.0. The lowest BCUT2D eigenvalue weighted by Gasteiger charge is -2.28. The second-order valence-corrected chi connectivity index (χ2v) is 9.01. The number of nitrogens with zero attached hydrogens (tertiary/aromatic N) is 2. The van der Waals surface area contributed by atoms with E-state index in [0.29, 0.717) is 11.1 Å². The topological polar surface area (TPSA) is 71.4 Å². The van der Waals surface area contributed by atoms with Crippen molar-refractivity contribution in [3.8, 4) is 0 Å². The summed E-state index contributed by atoms with van der Waals surface area (Å²) in [5.41, 5.74) is 3.66. The van der Waals surface area contributed by atoms with Gasteiger partial charge in [-0.15, -0.1) is 0 Å². The van der Waals surface area contributed by atoms with Gasteiger partial charge in [0.05, 0.1) is 16.6 Å². The number of amides is 2. The molecular weight excluding hydrogens is 402 g/mol. The molecule has 0 radical (unpaired) electrons. The number of hydrogen-bond donors (Lipinski definition) is 1. The molecule has 2 aromatic carbocycles. The van der Waals surface area contributed by atoms with Crippen molar-refractivity contribution >= 4 is 28.4 Å². The summed E-state index contributed by atoms with van der Waals surface area (Å²) in [5.74, 6) is -0.336. The molecule has 6 nitrogen and oxygen atoms in total. The third-order valence-electron chi connectivity index (χ3n) is 6.86. The zero-order chi connectivity index (χ0) is 22.4. The number of carbonyl (C=O) groups excluding carboxylic acids is 2. The molecule has 2 unspecified atom stereocenters. The summed E-state index contributed by atoms with van der Waals surface area (Å²) in [6.45, 7) is 1.83. The molecular formula is C26H27N3O3. The van der Waals surface area contributed by atoms with Crippen LogP contribution in [0.3, 0.4) is 0 Å². The van der Waals surface area contributed by atoms with E-state index in [1.54, 1.807) is 23.7 Å². The van der Waals surface area contributed by atoms with Crippen LogP contribution in [0.1, 0.15) is 58.4 Å². The highest BCUT2D eigenvalue weighted by atomic mass is 16.2. The van der Waals surface area contributed by atoms with Crippen molar-refractivity contribution in [1.29, 1.82) is 0 Å². The molecule has 32 heavy (non-hydrogen) atoms. The van der Waals surface area contributed by atoms with E-state index in [-0.39, 0.29) is 29.5 Å². The number of benzene rings is 2. The van der Waals surface area contributed by atoms with Gasteiger partial charge < -0.3 is 9.88 Å². The average molecular weight is 430 g/mol. The first-order valence-electron chi connectivity index (χ1n) is 11.3. The molecule has 1 N–H and O–H groups in total. The third kappa shape index (κ3) is 3.40. The van der Waals surface area contributed by atoms with Crippen molar-refractivity contribution < 1.29 is 9.59 Å². The Hall–Kier alpha value is -3.41. The van der Waals surface area contributed by atoms with E-state index in [1.807, 2.05) is 37.3 Å². The van der Waals surface area contributed by atoms with Crippen molar-refractivity contribution in [2.45, 2.75) is 51.1 Å². The van der Waals surface area contributed by atoms with Crippen LogP contribution >= 0.6 is 0 Å². The first-order valence-corrected chi connectivity index (χ1v) is 11.3. The molecule has 1 aromatic heterocycles.